The summed E-state index contributed by atoms with van der Waals surface area (Å²) >= 11 is 0. The van der Waals surface area contributed by atoms with Gasteiger partial charge >= 0.3 is 0 Å². The minimum atomic E-state index is -0.391. The van der Waals surface area contributed by atoms with Crippen molar-refractivity contribution in [3.63, 3.8) is 0 Å². The fraction of sp³-hybridized carbons (Fsp3) is 0.417. The number of carbonyl (C=O) groups is 1. The lowest BCUT2D eigenvalue weighted by molar-refractivity contribution is -0.118. The van der Waals surface area contributed by atoms with Crippen LogP contribution < -0.4 is 5.32 Å². The van der Waals surface area contributed by atoms with Crippen molar-refractivity contribution in [2.75, 3.05) is 5.32 Å². The smallest absolute Gasteiger partial charge is 0.232 e. The van der Waals surface area contributed by atoms with Gasteiger partial charge in [-0.3, -0.25) is 4.79 Å². The first-order valence-electron chi connectivity index (χ1n) is 10.2. The predicted octanol–water partition coefficient (Wildman–Crippen LogP) is 5.56. The first kappa shape index (κ1) is 18.7. The maximum atomic E-state index is 14.4. The molecule has 2 aromatic rings. The second-order valence-electron chi connectivity index (χ2n) is 8.21. The summed E-state index contributed by atoms with van der Waals surface area (Å²) in [5, 5.41) is 11.9. The van der Waals surface area contributed by atoms with E-state index in [9.17, 15) is 9.18 Å². The zero-order chi connectivity index (χ0) is 19.5. The third-order valence-corrected chi connectivity index (χ3v) is 6.06. The van der Waals surface area contributed by atoms with Gasteiger partial charge in [-0.2, -0.15) is 5.26 Å². The zero-order valence-electron chi connectivity index (χ0n) is 16.0. The van der Waals surface area contributed by atoms with Gasteiger partial charge < -0.3 is 5.32 Å². The molecule has 1 atom stereocenters. The summed E-state index contributed by atoms with van der Waals surface area (Å²) in [6, 6.07) is 14.4. The first-order valence-corrected chi connectivity index (χ1v) is 10.2. The Balaban J connectivity index is 1.57. The summed E-state index contributed by atoms with van der Waals surface area (Å²) in [5.74, 6) is 0.100. The molecule has 0 spiro atoms. The zero-order valence-corrected chi connectivity index (χ0v) is 16.0. The Morgan fingerprint density at radius 2 is 1.82 bits per heavy atom. The highest BCUT2D eigenvalue weighted by molar-refractivity contribution is 5.96. The highest BCUT2D eigenvalue weighted by atomic mass is 19.1. The molecular weight excluding hydrogens is 351 g/mol. The van der Waals surface area contributed by atoms with Gasteiger partial charge in [0.05, 0.1) is 23.2 Å². The lowest BCUT2D eigenvalue weighted by atomic mass is 9.83. The van der Waals surface area contributed by atoms with Crippen molar-refractivity contribution in [2.24, 2.45) is 11.8 Å². The van der Waals surface area contributed by atoms with Crippen LogP contribution in [0, 0.1) is 29.0 Å². The SMILES string of the molecule is N#Cc1ccc(C(C(=O)Nc2cc(CC3CC3)ccc2F)C2CCCC2)cc1. The van der Waals surface area contributed by atoms with Crippen LogP contribution in [0.2, 0.25) is 0 Å². The fourth-order valence-corrected chi connectivity index (χ4v) is 4.35. The van der Waals surface area contributed by atoms with Crippen LogP contribution in [-0.4, -0.2) is 5.91 Å². The van der Waals surface area contributed by atoms with Crippen LogP contribution >= 0.6 is 0 Å². The van der Waals surface area contributed by atoms with Crippen molar-refractivity contribution >= 4 is 11.6 Å². The Hall–Kier alpha value is -2.67. The molecule has 2 aromatic carbocycles. The van der Waals surface area contributed by atoms with E-state index in [1.54, 1.807) is 18.2 Å². The highest BCUT2D eigenvalue weighted by Crippen LogP contribution is 2.39. The molecule has 2 aliphatic rings. The molecular formula is C24H25FN2O. The molecule has 1 amide bonds. The molecule has 2 aliphatic carbocycles. The number of rotatable bonds is 6. The Morgan fingerprint density at radius 3 is 2.46 bits per heavy atom. The topological polar surface area (TPSA) is 52.9 Å². The molecule has 2 saturated carbocycles. The lowest BCUT2D eigenvalue weighted by Crippen LogP contribution is -2.27. The Morgan fingerprint density at radius 1 is 1.11 bits per heavy atom. The molecule has 144 valence electrons. The monoisotopic (exact) mass is 376 g/mol. The first-order chi connectivity index (χ1) is 13.6. The number of amides is 1. The average molecular weight is 376 g/mol. The van der Waals surface area contributed by atoms with Crippen LogP contribution in [0.25, 0.3) is 0 Å². The van der Waals surface area contributed by atoms with Gasteiger partial charge in [0, 0.05) is 0 Å². The van der Waals surface area contributed by atoms with E-state index in [2.05, 4.69) is 11.4 Å². The third kappa shape index (κ3) is 4.25. The van der Waals surface area contributed by atoms with Gasteiger partial charge in [-0.15, -0.1) is 0 Å². The van der Waals surface area contributed by atoms with E-state index in [4.69, 9.17) is 5.26 Å². The summed E-state index contributed by atoms with van der Waals surface area (Å²) < 4.78 is 14.4. The third-order valence-electron chi connectivity index (χ3n) is 6.06. The molecule has 28 heavy (non-hydrogen) atoms. The number of benzene rings is 2. The van der Waals surface area contributed by atoms with Crippen molar-refractivity contribution in [2.45, 2.75) is 50.9 Å². The number of nitriles is 1. The standard InChI is InChI=1S/C24H25FN2O/c25-21-12-9-18(13-16-5-6-16)14-22(21)27-24(28)23(19-3-1-2-4-19)20-10-7-17(15-26)8-11-20/h7-12,14,16,19,23H,1-6,13H2,(H,27,28). The van der Waals surface area contributed by atoms with E-state index >= 15 is 0 Å². The molecule has 0 heterocycles. The van der Waals surface area contributed by atoms with Crippen molar-refractivity contribution in [1.82, 2.24) is 0 Å². The van der Waals surface area contributed by atoms with E-state index < -0.39 is 5.82 Å². The number of halogens is 1. The predicted molar refractivity (Wildman–Crippen MR) is 107 cm³/mol. The molecule has 0 radical (unpaired) electrons. The van der Waals surface area contributed by atoms with Crippen molar-refractivity contribution in [3.8, 4) is 6.07 Å². The van der Waals surface area contributed by atoms with Crippen LogP contribution in [0.5, 0.6) is 0 Å². The van der Waals surface area contributed by atoms with E-state index in [1.807, 2.05) is 18.2 Å². The van der Waals surface area contributed by atoms with Crippen LogP contribution in [-0.2, 0) is 11.2 Å². The van der Waals surface area contributed by atoms with E-state index in [0.29, 0.717) is 11.5 Å². The molecule has 0 saturated heterocycles. The normalized spacial score (nSPS) is 17.9. The minimum absolute atomic E-state index is 0.154. The average Bonchev–Trinajstić information content (AvgIpc) is 3.36. The molecule has 3 nitrogen and oxygen atoms in total. The summed E-state index contributed by atoms with van der Waals surface area (Å²) in [4.78, 5) is 13.2. The molecule has 1 unspecified atom stereocenters. The summed E-state index contributed by atoms with van der Waals surface area (Å²) in [5.41, 5.74) is 2.83. The number of nitrogens with one attached hydrogen (secondary N) is 1. The van der Waals surface area contributed by atoms with Gasteiger partial charge in [0.25, 0.3) is 0 Å². The van der Waals surface area contributed by atoms with Gasteiger partial charge in [0.2, 0.25) is 5.91 Å². The van der Waals surface area contributed by atoms with Gasteiger partial charge in [-0.25, -0.2) is 4.39 Å². The summed E-state index contributed by atoms with van der Waals surface area (Å²) in [7, 11) is 0. The largest absolute Gasteiger partial charge is 0.323 e. The fourth-order valence-electron chi connectivity index (χ4n) is 4.35. The molecule has 1 N–H and O–H groups in total. The van der Waals surface area contributed by atoms with E-state index in [1.165, 1.54) is 18.9 Å². The summed E-state index contributed by atoms with van der Waals surface area (Å²) in [6.45, 7) is 0. The number of hydrogen-bond donors (Lipinski definition) is 1. The number of hydrogen-bond acceptors (Lipinski definition) is 2. The van der Waals surface area contributed by atoms with Gasteiger partial charge in [-0.1, -0.05) is 31.0 Å². The molecule has 0 aliphatic heterocycles. The Kier molecular flexibility index (Phi) is 5.43. The minimum Gasteiger partial charge on any atom is -0.323 e. The summed E-state index contributed by atoms with van der Waals surface area (Å²) in [6.07, 6.45) is 7.67. The van der Waals surface area contributed by atoms with E-state index in [0.717, 1.165) is 43.2 Å². The lowest BCUT2D eigenvalue weighted by Gasteiger charge is -2.23. The van der Waals surface area contributed by atoms with Gasteiger partial charge in [0.15, 0.2) is 0 Å². The molecule has 4 heteroatoms. The van der Waals surface area contributed by atoms with Crippen molar-refractivity contribution in [1.29, 1.82) is 5.26 Å². The van der Waals surface area contributed by atoms with Crippen molar-refractivity contribution < 1.29 is 9.18 Å². The maximum Gasteiger partial charge on any atom is 0.232 e. The molecule has 0 aromatic heterocycles. The number of nitrogens with zero attached hydrogens (tertiary/aromatic N) is 1. The van der Waals surface area contributed by atoms with Crippen LogP contribution in [0.1, 0.15) is 61.1 Å². The maximum absolute atomic E-state index is 14.4. The molecule has 2 fully saturated rings. The van der Waals surface area contributed by atoms with Gasteiger partial charge in [0.1, 0.15) is 5.82 Å². The number of carbonyl (C=O) groups excluding carboxylic acids is 1. The quantitative estimate of drug-likeness (QED) is 0.717. The Labute approximate surface area is 165 Å². The number of anilines is 1. The Bertz CT molecular complexity index is 890. The van der Waals surface area contributed by atoms with E-state index in [-0.39, 0.29) is 23.4 Å². The van der Waals surface area contributed by atoms with Gasteiger partial charge in [-0.05, 0) is 79.3 Å². The second kappa shape index (κ2) is 8.14. The molecule has 4 rings (SSSR count). The highest BCUT2D eigenvalue weighted by Gasteiger charge is 2.32. The molecule has 0 bridgehead atoms. The second-order valence-corrected chi connectivity index (χ2v) is 8.21. The van der Waals surface area contributed by atoms with Crippen LogP contribution in [0.4, 0.5) is 10.1 Å². The van der Waals surface area contributed by atoms with Crippen LogP contribution in [0.15, 0.2) is 42.5 Å². The van der Waals surface area contributed by atoms with Crippen LogP contribution in [0.3, 0.4) is 0 Å². The van der Waals surface area contributed by atoms with Crippen molar-refractivity contribution in [3.05, 3.63) is 65.0 Å².